The first-order chi connectivity index (χ1) is 11.3. The monoisotopic (exact) mass is 311 g/mol. The van der Waals surface area contributed by atoms with Crippen LogP contribution in [-0.4, -0.2) is 35.2 Å². The van der Waals surface area contributed by atoms with Crippen LogP contribution in [0.5, 0.6) is 0 Å². The summed E-state index contributed by atoms with van der Waals surface area (Å²) in [5, 5.41) is 11.0. The molecule has 0 bridgehead atoms. The molecule has 2 nitrogen and oxygen atoms in total. The number of likely N-dealkylation sites (tertiary alicyclic amines) is 1. The largest absolute Gasteiger partial charge is 0.390 e. The third-order valence-electron chi connectivity index (χ3n) is 5.38. The van der Waals surface area contributed by atoms with Crippen LogP contribution in [0.3, 0.4) is 0 Å². The highest BCUT2D eigenvalue weighted by Crippen LogP contribution is 2.29. The van der Waals surface area contributed by atoms with Crippen LogP contribution >= 0.6 is 0 Å². The third-order valence-corrected chi connectivity index (χ3v) is 5.38. The summed E-state index contributed by atoms with van der Waals surface area (Å²) in [5.74, 6) is 7.17. The first-order valence-electron chi connectivity index (χ1n) is 9.33. The Balaban J connectivity index is 1.76. The molecule has 0 amide bonds. The van der Waals surface area contributed by atoms with Gasteiger partial charge in [-0.2, -0.15) is 0 Å². The van der Waals surface area contributed by atoms with E-state index in [9.17, 15) is 5.11 Å². The molecule has 2 fully saturated rings. The van der Waals surface area contributed by atoms with Gasteiger partial charge in [-0.15, -0.1) is 0 Å². The van der Waals surface area contributed by atoms with E-state index in [1.807, 2.05) is 30.3 Å². The van der Waals surface area contributed by atoms with E-state index in [1.165, 1.54) is 51.4 Å². The Hall–Kier alpha value is -1.30. The van der Waals surface area contributed by atoms with Crippen molar-refractivity contribution in [3.05, 3.63) is 35.9 Å². The molecule has 0 aromatic heterocycles. The van der Waals surface area contributed by atoms with Crippen LogP contribution in [-0.2, 0) is 0 Å². The molecule has 1 saturated heterocycles. The van der Waals surface area contributed by atoms with E-state index in [0.717, 1.165) is 18.7 Å². The summed E-state index contributed by atoms with van der Waals surface area (Å²) in [5.41, 5.74) is 1.05. The lowest BCUT2D eigenvalue weighted by atomic mass is 9.82. The van der Waals surface area contributed by atoms with Crippen LogP contribution in [0.25, 0.3) is 0 Å². The van der Waals surface area contributed by atoms with Gasteiger partial charge in [-0.05, 0) is 56.8 Å². The molecule has 1 aliphatic heterocycles. The number of nitrogens with zero attached hydrogens (tertiary/aromatic N) is 1. The molecule has 1 saturated carbocycles. The van der Waals surface area contributed by atoms with Crippen LogP contribution in [0.2, 0.25) is 0 Å². The molecule has 2 atom stereocenters. The van der Waals surface area contributed by atoms with Crippen molar-refractivity contribution in [1.82, 2.24) is 4.90 Å². The van der Waals surface area contributed by atoms with Crippen molar-refractivity contribution in [2.24, 2.45) is 5.92 Å². The van der Waals surface area contributed by atoms with E-state index in [1.54, 1.807) is 0 Å². The van der Waals surface area contributed by atoms with Crippen LogP contribution in [0.4, 0.5) is 0 Å². The topological polar surface area (TPSA) is 23.5 Å². The molecule has 124 valence electrons. The smallest absolute Gasteiger partial charge is 0.0983 e. The van der Waals surface area contributed by atoms with Crippen molar-refractivity contribution in [3.63, 3.8) is 0 Å². The fourth-order valence-corrected chi connectivity index (χ4v) is 4.00. The number of benzene rings is 1. The summed E-state index contributed by atoms with van der Waals surface area (Å²) >= 11 is 0. The maximum atomic E-state index is 11.0. The van der Waals surface area contributed by atoms with Gasteiger partial charge in [0.15, 0.2) is 0 Å². The Kier molecular flexibility index (Phi) is 6.13. The number of rotatable bonds is 3. The Morgan fingerprint density at radius 3 is 2.26 bits per heavy atom. The van der Waals surface area contributed by atoms with Gasteiger partial charge >= 0.3 is 0 Å². The summed E-state index contributed by atoms with van der Waals surface area (Å²) < 4.78 is 0. The average Bonchev–Trinajstić information content (AvgIpc) is 2.64. The standard InChI is InChI=1S/C21H29NO/c23-21(19-12-6-2-7-13-19)20(22-16-8-3-9-17-22)15-14-18-10-4-1-5-11-18/h1,4-5,10-11,19-21,23H,2-3,6-9,12-13,16-17H2. The predicted molar refractivity (Wildman–Crippen MR) is 95.1 cm³/mol. The quantitative estimate of drug-likeness (QED) is 0.858. The van der Waals surface area contributed by atoms with E-state index in [2.05, 4.69) is 16.7 Å². The second kappa shape index (κ2) is 8.52. The lowest BCUT2D eigenvalue weighted by Gasteiger charge is -2.38. The molecule has 1 aromatic carbocycles. The highest BCUT2D eigenvalue weighted by atomic mass is 16.3. The van der Waals surface area contributed by atoms with Gasteiger partial charge in [0.2, 0.25) is 0 Å². The molecule has 0 spiro atoms. The highest BCUT2D eigenvalue weighted by Gasteiger charge is 2.32. The van der Waals surface area contributed by atoms with Crippen LogP contribution in [0.15, 0.2) is 30.3 Å². The number of aliphatic hydroxyl groups is 1. The fourth-order valence-electron chi connectivity index (χ4n) is 4.00. The van der Waals surface area contributed by atoms with Crippen molar-refractivity contribution in [1.29, 1.82) is 0 Å². The van der Waals surface area contributed by atoms with Crippen LogP contribution in [0.1, 0.15) is 56.9 Å². The summed E-state index contributed by atoms with van der Waals surface area (Å²) in [6.07, 6.45) is 9.67. The summed E-state index contributed by atoms with van der Waals surface area (Å²) in [6.45, 7) is 2.16. The van der Waals surface area contributed by atoms with Crippen molar-refractivity contribution in [2.45, 2.75) is 63.5 Å². The third kappa shape index (κ3) is 4.59. The number of aliphatic hydroxyl groups excluding tert-OH is 1. The minimum absolute atomic E-state index is 0.00129. The average molecular weight is 311 g/mol. The molecular formula is C21H29NO. The number of piperidine rings is 1. The van der Waals surface area contributed by atoms with Crippen molar-refractivity contribution >= 4 is 0 Å². The van der Waals surface area contributed by atoms with Gasteiger partial charge in [0, 0.05) is 5.56 Å². The molecular weight excluding hydrogens is 282 g/mol. The van der Waals surface area contributed by atoms with E-state index in [-0.39, 0.29) is 12.1 Å². The maximum Gasteiger partial charge on any atom is 0.0983 e. The summed E-state index contributed by atoms with van der Waals surface area (Å²) in [6, 6.07) is 10.2. The normalized spacial score (nSPS) is 22.8. The zero-order valence-electron chi connectivity index (χ0n) is 14.1. The Morgan fingerprint density at radius 1 is 0.913 bits per heavy atom. The van der Waals surface area contributed by atoms with Gasteiger partial charge in [0.25, 0.3) is 0 Å². The minimum Gasteiger partial charge on any atom is -0.390 e. The predicted octanol–water partition coefficient (Wildman–Crippen LogP) is 3.83. The van der Waals surface area contributed by atoms with Crippen molar-refractivity contribution in [2.75, 3.05) is 13.1 Å². The van der Waals surface area contributed by atoms with Crippen LogP contribution in [0, 0.1) is 17.8 Å². The summed E-state index contributed by atoms with van der Waals surface area (Å²) in [4.78, 5) is 2.43. The van der Waals surface area contributed by atoms with E-state index in [4.69, 9.17) is 0 Å². The molecule has 0 radical (unpaired) electrons. The van der Waals surface area contributed by atoms with Gasteiger partial charge in [0.1, 0.15) is 0 Å². The molecule has 2 unspecified atom stereocenters. The Morgan fingerprint density at radius 2 is 1.57 bits per heavy atom. The van der Waals surface area contributed by atoms with Gasteiger partial charge < -0.3 is 5.11 Å². The van der Waals surface area contributed by atoms with Gasteiger partial charge in [-0.25, -0.2) is 0 Å². The lowest BCUT2D eigenvalue weighted by molar-refractivity contribution is 0.0148. The molecule has 1 N–H and O–H groups in total. The zero-order valence-corrected chi connectivity index (χ0v) is 14.1. The second-order valence-corrected chi connectivity index (χ2v) is 7.07. The van der Waals surface area contributed by atoms with Gasteiger partial charge in [-0.3, -0.25) is 4.90 Å². The SMILES string of the molecule is OC(C1CCCCC1)C(C#Cc1ccccc1)N1CCCCC1. The molecule has 1 aliphatic carbocycles. The van der Waals surface area contributed by atoms with Crippen molar-refractivity contribution in [3.8, 4) is 11.8 Å². The minimum atomic E-state index is -0.301. The van der Waals surface area contributed by atoms with E-state index in [0.29, 0.717) is 5.92 Å². The van der Waals surface area contributed by atoms with E-state index >= 15 is 0 Å². The molecule has 1 aromatic rings. The highest BCUT2D eigenvalue weighted by molar-refractivity contribution is 5.35. The Bertz CT molecular complexity index is 518. The second-order valence-electron chi connectivity index (χ2n) is 7.07. The summed E-state index contributed by atoms with van der Waals surface area (Å²) in [7, 11) is 0. The van der Waals surface area contributed by atoms with Crippen LogP contribution < -0.4 is 0 Å². The molecule has 23 heavy (non-hydrogen) atoms. The molecule has 1 heterocycles. The first-order valence-corrected chi connectivity index (χ1v) is 9.33. The first kappa shape index (κ1) is 16.6. The Labute approximate surface area is 140 Å². The lowest BCUT2D eigenvalue weighted by Crippen LogP contribution is -2.48. The van der Waals surface area contributed by atoms with Gasteiger partial charge in [-0.1, -0.05) is 55.7 Å². The molecule has 2 aliphatic rings. The van der Waals surface area contributed by atoms with Gasteiger partial charge in [0.05, 0.1) is 12.1 Å². The van der Waals surface area contributed by atoms with Crippen molar-refractivity contribution < 1.29 is 5.11 Å². The maximum absolute atomic E-state index is 11.0. The molecule has 2 heteroatoms. The fraction of sp³-hybridized carbons (Fsp3) is 0.619. The number of hydrogen-bond acceptors (Lipinski definition) is 2. The molecule has 3 rings (SSSR count). The zero-order chi connectivity index (χ0) is 15.9. The number of hydrogen-bond donors (Lipinski definition) is 1. The van der Waals surface area contributed by atoms with E-state index < -0.39 is 0 Å².